The molecule has 2 rings (SSSR count). The third kappa shape index (κ3) is 4.28. The van der Waals surface area contributed by atoms with Gasteiger partial charge >= 0.3 is 0 Å². The van der Waals surface area contributed by atoms with Crippen molar-refractivity contribution in [3.63, 3.8) is 0 Å². The average Bonchev–Trinajstić information content (AvgIpc) is 2.41. The SMILES string of the molecule is CC(C)CN1CCN(CC2(C=O)CCCCC2)CC1. The van der Waals surface area contributed by atoms with Crippen LogP contribution in [0.4, 0.5) is 0 Å². The molecule has 0 aromatic rings. The summed E-state index contributed by atoms with van der Waals surface area (Å²) in [5, 5.41) is 0. The minimum Gasteiger partial charge on any atom is -0.303 e. The van der Waals surface area contributed by atoms with Crippen LogP contribution in [0.5, 0.6) is 0 Å². The molecule has 0 radical (unpaired) electrons. The van der Waals surface area contributed by atoms with Gasteiger partial charge in [0.15, 0.2) is 0 Å². The van der Waals surface area contributed by atoms with Crippen LogP contribution in [0.1, 0.15) is 46.0 Å². The second kappa shape index (κ2) is 6.85. The van der Waals surface area contributed by atoms with Crippen molar-refractivity contribution in [3.05, 3.63) is 0 Å². The van der Waals surface area contributed by atoms with Gasteiger partial charge in [-0.05, 0) is 18.8 Å². The van der Waals surface area contributed by atoms with E-state index in [4.69, 9.17) is 0 Å². The van der Waals surface area contributed by atoms with Crippen molar-refractivity contribution in [1.82, 2.24) is 9.80 Å². The highest BCUT2D eigenvalue weighted by molar-refractivity contribution is 5.60. The average molecular weight is 266 g/mol. The maximum atomic E-state index is 11.5. The molecule has 3 nitrogen and oxygen atoms in total. The first-order chi connectivity index (χ1) is 9.13. The lowest BCUT2D eigenvalue weighted by Gasteiger charge is -2.41. The van der Waals surface area contributed by atoms with E-state index in [9.17, 15) is 4.79 Å². The Balaban J connectivity index is 1.79. The first kappa shape index (κ1) is 15.0. The van der Waals surface area contributed by atoms with E-state index < -0.39 is 0 Å². The van der Waals surface area contributed by atoms with Gasteiger partial charge in [0.25, 0.3) is 0 Å². The number of piperazine rings is 1. The molecule has 0 bridgehead atoms. The Kier molecular flexibility index (Phi) is 5.40. The van der Waals surface area contributed by atoms with Gasteiger partial charge in [-0.2, -0.15) is 0 Å². The topological polar surface area (TPSA) is 23.6 Å². The van der Waals surface area contributed by atoms with Crippen molar-refractivity contribution in [1.29, 1.82) is 0 Å². The number of rotatable bonds is 5. The molecule has 0 spiro atoms. The van der Waals surface area contributed by atoms with E-state index in [1.54, 1.807) is 0 Å². The highest BCUT2D eigenvalue weighted by atomic mass is 16.1. The molecule has 0 N–H and O–H groups in total. The third-order valence-electron chi connectivity index (χ3n) is 4.73. The van der Waals surface area contributed by atoms with Gasteiger partial charge in [0, 0.05) is 44.7 Å². The van der Waals surface area contributed by atoms with Gasteiger partial charge in [0.2, 0.25) is 0 Å². The number of nitrogens with zero attached hydrogens (tertiary/aromatic N) is 2. The zero-order valence-electron chi connectivity index (χ0n) is 12.7. The Hall–Kier alpha value is -0.410. The molecule has 1 heterocycles. The maximum Gasteiger partial charge on any atom is 0.127 e. The van der Waals surface area contributed by atoms with Gasteiger partial charge < -0.3 is 9.69 Å². The van der Waals surface area contributed by atoms with Crippen LogP contribution in [0.25, 0.3) is 0 Å². The molecule has 1 aliphatic carbocycles. The Morgan fingerprint density at radius 1 is 1.00 bits per heavy atom. The number of carbonyl (C=O) groups is 1. The van der Waals surface area contributed by atoms with Crippen LogP contribution in [0.15, 0.2) is 0 Å². The summed E-state index contributed by atoms with van der Waals surface area (Å²) in [5.41, 5.74) is -0.0154. The Bertz CT molecular complexity index is 276. The van der Waals surface area contributed by atoms with Crippen LogP contribution >= 0.6 is 0 Å². The predicted octanol–water partition coefficient (Wildman–Crippen LogP) is 2.41. The smallest absolute Gasteiger partial charge is 0.127 e. The van der Waals surface area contributed by atoms with Crippen LogP contribution < -0.4 is 0 Å². The van der Waals surface area contributed by atoms with E-state index in [0.29, 0.717) is 0 Å². The van der Waals surface area contributed by atoms with Gasteiger partial charge in [-0.15, -0.1) is 0 Å². The minimum absolute atomic E-state index is 0.0154. The minimum atomic E-state index is -0.0154. The molecule has 1 saturated carbocycles. The van der Waals surface area contributed by atoms with Gasteiger partial charge in [-0.3, -0.25) is 4.90 Å². The predicted molar refractivity (Wildman–Crippen MR) is 79.3 cm³/mol. The van der Waals surface area contributed by atoms with Gasteiger partial charge in [0.1, 0.15) is 6.29 Å². The summed E-state index contributed by atoms with van der Waals surface area (Å²) in [4.78, 5) is 16.6. The molecule has 0 atom stereocenters. The molecule has 1 aliphatic heterocycles. The lowest BCUT2D eigenvalue weighted by atomic mass is 9.75. The summed E-state index contributed by atoms with van der Waals surface area (Å²) in [5.74, 6) is 0.756. The normalized spacial score (nSPS) is 25.6. The van der Waals surface area contributed by atoms with Crippen LogP contribution in [0.2, 0.25) is 0 Å². The summed E-state index contributed by atoms with van der Waals surface area (Å²) in [6.07, 6.45) is 7.30. The molecule has 19 heavy (non-hydrogen) atoms. The van der Waals surface area contributed by atoms with Crippen molar-refractivity contribution in [2.24, 2.45) is 11.3 Å². The molecule has 1 saturated heterocycles. The van der Waals surface area contributed by atoms with E-state index in [1.807, 2.05) is 0 Å². The van der Waals surface area contributed by atoms with Crippen LogP contribution in [-0.2, 0) is 4.79 Å². The zero-order valence-corrected chi connectivity index (χ0v) is 12.7. The second-order valence-electron chi connectivity index (χ2n) is 7.01. The van der Waals surface area contributed by atoms with E-state index in [-0.39, 0.29) is 5.41 Å². The van der Waals surface area contributed by atoms with Crippen molar-refractivity contribution in [2.45, 2.75) is 46.0 Å². The summed E-state index contributed by atoms with van der Waals surface area (Å²) in [6, 6.07) is 0. The molecular weight excluding hydrogens is 236 g/mol. The molecule has 2 aliphatic rings. The van der Waals surface area contributed by atoms with Gasteiger partial charge in [-0.25, -0.2) is 0 Å². The molecule has 0 aromatic heterocycles. The first-order valence-corrected chi connectivity index (χ1v) is 8.05. The largest absolute Gasteiger partial charge is 0.303 e. The van der Waals surface area contributed by atoms with E-state index >= 15 is 0 Å². The number of hydrogen-bond donors (Lipinski definition) is 0. The molecule has 0 unspecified atom stereocenters. The van der Waals surface area contributed by atoms with Crippen LogP contribution in [-0.4, -0.2) is 55.4 Å². The fourth-order valence-corrected chi connectivity index (χ4v) is 3.66. The van der Waals surface area contributed by atoms with Crippen molar-refractivity contribution in [3.8, 4) is 0 Å². The quantitative estimate of drug-likeness (QED) is 0.714. The van der Waals surface area contributed by atoms with Crippen LogP contribution in [0.3, 0.4) is 0 Å². The summed E-state index contributed by atoms with van der Waals surface area (Å²) in [6.45, 7) is 11.4. The summed E-state index contributed by atoms with van der Waals surface area (Å²) in [7, 11) is 0. The lowest BCUT2D eigenvalue weighted by Crippen LogP contribution is -2.51. The second-order valence-corrected chi connectivity index (χ2v) is 7.01. The maximum absolute atomic E-state index is 11.5. The lowest BCUT2D eigenvalue weighted by molar-refractivity contribution is -0.119. The monoisotopic (exact) mass is 266 g/mol. The molecule has 0 aromatic carbocycles. The number of aldehydes is 1. The molecule has 110 valence electrons. The van der Waals surface area contributed by atoms with Crippen molar-refractivity contribution >= 4 is 6.29 Å². The van der Waals surface area contributed by atoms with E-state index in [1.165, 1.54) is 45.2 Å². The van der Waals surface area contributed by atoms with Crippen LogP contribution in [0, 0.1) is 11.3 Å². The van der Waals surface area contributed by atoms with E-state index in [0.717, 1.165) is 38.4 Å². The highest BCUT2D eigenvalue weighted by Crippen LogP contribution is 2.35. The zero-order chi connectivity index (χ0) is 13.7. The van der Waals surface area contributed by atoms with Gasteiger partial charge in [-0.1, -0.05) is 33.1 Å². The Morgan fingerprint density at radius 3 is 2.11 bits per heavy atom. The fourth-order valence-electron chi connectivity index (χ4n) is 3.66. The highest BCUT2D eigenvalue weighted by Gasteiger charge is 2.34. The molecular formula is C16H30N2O. The van der Waals surface area contributed by atoms with Gasteiger partial charge in [0.05, 0.1) is 0 Å². The standard InChI is InChI=1S/C16H30N2O/c1-15(2)12-17-8-10-18(11-9-17)13-16(14-19)6-4-3-5-7-16/h14-15H,3-13H2,1-2H3. The Labute approximate surface area is 118 Å². The van der Waals surface area contributed by atoms with Crippen molar-refractivity contribution < 1.29 is 4.79 Å². The molecule has 2 fully saturated rings. The fraction of sp³-hybridized carbons (Fsp3) is 0.938. The Morgan fingerprint density at radius 2 is 1.58 bits per heavy atom. The summed E-state index contributed by atoms with van der Waals surface area (Å²) < 4.78 is 0. The first-order valence-electron chi connectivity index (χ1n) is 8.05. The van der Waals surface area contributed by atoms with E-state index in [2.05, 4.69) is 23.6 Å². The molecule has 3 heteroatoms. The number of carbonyl (C=O) groups excluding carboxylic acids is 1. The van der Waals surface area contributed by atoms with Crippen molar-refractivity contribution in [2.75, 3.05) is 39.3 Å². The summed E-state index contributed by atoms with van der Waals surface area (Å²) >= 11 is 0. The molecule has 0 amide bonds. The number of hydrogen-bond acceptors (Lipinski definition) is 3. The third-order valence-corrected chi connectivity index (χ3v) is 4.73.